The maximum Gasteiger partial charge on any atom is 0.110 e. The molecule has 1 aromatic heterocycles. The van der Waals surface area contributed by atoms with Gasteiger partial charge in [-0.3, -0.25) is 4.57 Å². The topological polar surface area (TPSA) is 29.9 Å². The first kappa shape index (κ1) is 15.1. The van der Waals surface area contributed by atoms with Crippen molar-refractivity contribution in [2.24, 2.45) is 0 Å². The first-order valence-corrected chi connectivity index (χ1v) is 8.42. The highest BCUT2D eigenvalue weighted by atomic mass is 32.2. The van der Waals surface area contributed by atoms with E-state index in [2.05, 4.69) is 52.3 Å². The van der Waals surface area contributed by atoms with Gasteiger partial charge in [0.2, 0.25) is 0 Å². The number of para-hydroxylation sites is 1. The minimum Gasteiger partial charge on any atom is -0.309 e. The number of nitrogens with zero attached hydrogens (tertiary/aromatic N) is 2. The molecule has 0 aliphatic rings. The highest BCUT2D eigenvalue weighted by Gasteiger charge is 2.09. The van der Waals surface area contributed by atoms with E-state index in [-0.39, 0.29) is 0 Å². The lowest BCUT2D eigenvalue weighted by Gasteiger charge is -2.15. The molecule has 0 bridgehead atoms. The molecule has 0 amide bonds. The van der Waals surface area contributed by atoms with Crippen LogP contribution in [-0.2, 0) is 6.54 Å². The Balaban J connectivity index is 2.06. The van der Waals surface area contributed by atoms with Crippen molar-refractivity contribution >= 4 is 11.8 Å². The van der Waals surface area contributed by atoms with Gasteiger partial charge in [-0.2, -0.15) is 11.8 Å². The third-order valence-electron chi connectivity index (χ3n) is 3.41. The number of hydrogen-bond acceptors (Lipinski definition) is 3. The fraction of sp³-hybridized carbons (Fsp3) is 0.438. The van der Waals surface area contributed by atoms with Crippen LogP contribution in [0.25, 0.3) is 5.69 Å². The molecule has 1 N–H and O–H groups in total. The third-order valence-corrected chi connectivity index (χ3v) is 4.06. The molecule has 0 spiro atoms. The lowest BCUT2D eigenvalue weighted by molar-refractivity contribution is 0.529. The fourth-order valence-electron chi connectivity index (χ4n) is 2.22. The van der Waals surface area contributed by atoms with Crippen LogP contribution < -0.4 is 5.32 Å². The Morgan fingerprint density at radius 3 is 2.75 bits per heavy atom. The molecule has 0 aliphatic carbocycles. The zero-order valence-corrected chi connectivity index (χ0v) is 13.3. The summed E-state index contributed by atoms with van der Waals surface area (Å²) in [4.78, 5) is 4.45. The zero-order valence-electron chi connectivity index (χ0n) is 12.5. The van der Waals surface area contributed by atoms with Crippen LogP contribution >= 0.6 is 11.8 Å². The van der Waals surface area contributed by atoms with E-state index in [0.717, 1.165) is 12.4 Å². The molecule has 2 aromatic rings. The van der Waals surface area contributed by atoms with Gasteiger partial charge in [0.25, 0.3) is 0 Å². The molecule has 1 unspecified atom stereocenters. The van der Waals surface area contributed by atoms with Crippen molar-refractivity contribution in [3.63, 3.8) is 0 Å². The second-order valence-electron chi connectivity index (χ2n) is 5.03. The zero-order chi connectivity index (χ0) is 14.4. The molecular weight excluding hydrogens is 266 g/mol. The maximum absolute atomic E-state index is 4.45. The van der Waals surface area contributed by atoms with Gasteiger partial charge >= 0.3 is 0 Å². The average molecular weight is 289 g/mol. The molecule has 0 fully saturated rings. The standard InChI is InChI=1S/C16H23N3S/c1-13(9-10-20-3)17-11-16-12-18-14(2)19(16)15-7-5-4-6-8-15/h4-8,12-13,17H,9-11H2,1-3H3. The first-order valence-electron chi connectivity index (χ1n) is 7.03. The van der Waals surface area contributed by atoms with Crippen LogP contribution in [0.5, 0.6) is 0 Å². The van der Waals surface area contributed by atoms with E-state index in [1.54, 1.807) is 0 Å². The summed E-state index contributed by atoms with van der Waals surface area (Å²) in [6.45, 7) is 5.14. The predicted octanol–water partition coefficient (Wildman–Crippen LogP) is 3.41. The second-order valence-corrected chi connectivity index (χ2v) is 6.02. The van der Waals surface area contributed by atoms with Crippen LogP contribution in [-0.4, -0.2) is 27.6 Å². The number of hydrogen-bond donors (Lipinski definition) is 1. The van der Waals surface area contributed by atoms with Gasteiger partial charge in [0.05, 0.1) is 11.9 Å². The molecular formula is C16H23N3S. The van der Waals surface area contributed by atoms with Crippen molar-refractivity contribution in [1.29, 1.82) is 0 Å². The minimum absolute atomic E-state index is 0.530. The van der Waals surface area contributed by atoms with Crippen LogP contribution in [0.4, 0.5) is 0 Å². The van der Waals surface area contributed by atoms with Crippen LogP contribution in [0.1, 0.15) is 24.9 Å². The number of nitrogens with one attached hydrogen (secondary N) is 1. The summed E-state index contributed by atoms with van der Waals surface area (Å²) >= 11 is 1.90. The molecule has 2 rings (SSSR count). The first-order chi connectivity index (χ1) is 9.72. The Kier molecular flexibility index (Phi) is 5.68. The highest BCUT2D eigenvalue weighted by Crippen LogP contribution is 2.14. The van der Waals surface area contributed by atoms with Gasteiger partial charge in [0.1, 0.15) is 5.82 Å². The van der Waals surface area contributed by atoms with Gasteiger partial charge in [0.15, 0.2) is 0 Å². The molecule has 0 aliphatic heterocycles. The van der Waals surface area contributed by atoms with Gasteiger partial charge in [-0.25, -0.2) is 4.98 Å². The van der Waals surface area contributed by atoms with Crippen molar-refractivity contribution in [2.45, 2.75) is 32.9 Å². The molecule has 1 heterocycles. The van der Waals surface area contributed by atoms with Crippen LogP contribution in [0, 0.1) is 6.92 Å². The van der Waals surface area contributed by atoms with E-state index in [1.165, 1.54) is 23.6 Å². The van der Waals surface area contributed by atoms with E-state index in [1.807, 2.05) is 30.9 Å². The van der Waals surface area contributed by atoms with E-state index in [9.17, 15) is 0 Å². The maximum atomic E-state index is 4.45. The van der Waals surface area contributed by atoms with Crippen LogP contribution in [0.15, 0.2) is 36.5 Å². The number of thioether (sulfide) groups is 1. The van der Waals surface area contributed by atoms with Gasteiger partial charge in [-0.15, -0.1) is 0 Å². The summed E-state index contributed by atoms with van der Waals surface area (Å²) in [6, 6.07) is 10.9. The lowest BCUT2D eigenvalue weighted by Crippen LogP contribution is -2.27. The van der Waals surface area contributed by atoms with Crippen molar-refractivity contribution in [1.82, 2.24) is 14.9 Å². The summed E-state index contributed by atoms with van der Waals surface area (Å²) in [5.41, 5.74) is 2.39. The number of imidazole rings is 1. The number of rotatable bonds is 7. The Morgan fingerprint density at radius 1 is 1.30 bits per heavy atom. The SMILES string of the molecule is CSCCC(C)NCc1cnc(C)n1-c1ccccc1. The van der Waals surface area contributed by atoms with Crippen LogP contribution in [0.2, 0.25) is 0 Å². The fourth-order valence-corrected chi connectivity index (χ4v) is 2.81. The minimum atomic E-state index is 0.530. The molecule has 0 saturated carbocycles. The normalized spacial score (nSPS) is 12.6. The monoisotopic (exact) mass is 289 g/mol. The Hall–Kier alpha value is -1.26. The number of benzene rings is 1. The van der Waals surface area contributed by atoms with Crippen LogP contribution in [0.3, 0.4) is 0 Å². The third kappa shape index (κ3) is 3.87. The summed E-state index contributed by atoms with van der Waals surface area (Å²) in [6.07, 6.45) is 5.32. The largest absolute Gasteiger partial charge is 0.309 e. The van der Waals surface area contributed by atoms with Crippen molar-refractivity contribution in [2.75, 3.05) is 12.0 Å². The molecule has 20 heavy (non-hydrogen) atoms. The molecule has 1 atom stereocenters. The van der Waals surface area contributed by atoms with Gasteiger partial charge in [-0.1, -0.05) is 18.2 Å². The molecule has 4 heteroatoms. The summed E-state index contributed by atoms with van der Waals surface area (Å²) < 4.78 is 2.22. The van der Waals surface area contributed by atoms with E-state index in [4.69, 9.17) is 0 Å². The summed E-state index contributed by atoms with van der Waals surface area (Å²) in [5.74, 6) is 2.23. The van der Waals surface area contributed by atoms with E-state index < -0.39 is 0 Å². The molecule has 108 valence electrons. The number of aryl methyl sites for hydroxylation is 1. The van der Waals surface area contributed by atoms with Crippen molar-refractivity contribution in [3.8, 4) is 5.69 Å². The number of aromatic nitrogens is 2. The van der Waals surface area contributed by atoms with Crippen molar-refractivity contribution < 1.29 is 0 Å². The summed E-state index contributed by atoms with van der Waals surface area (Å²) in [5, 5.41) is 3.58. The lowest BCUT2D eigenvalue weighted by atomic mass is 10.2. The van der Waals surface area contributed by atoms with E-state index in [0.29, 0.717) is 6.04 Å². The highest BCUT2D eigenvalue weighted by molar-refractivity contribution is 7.98. The predicted molar refractivity (Wildman–Crippen MR) is 87.6 cm³/mol. The summed E-state index contributed by atoms with van der Waals surface area (Å²) in [7, 11) is 0. The Labute approximate surface area is 125 Å². The smallest absolute Gasteiger partial charge is 0.110 e. The quantitative estimate of drug-likeness (QED) is 0.847. The van der Waals surface area contributed by atoms with Crippen molar-refractivity contribution in [3.05, 3.63) is 48.0 Å². The molecule has 0 radical (unpaired) electrons. The second kappa shape index (κ2) is 7.50. The average Bonchev–Trinajstić information content (AvgIpc) is 2.84. The Morgan fingerprint density at radius 2 is 2.05 bits per heavy atom. The van der Waals surface area contributed by atoms with E-state index >= 15 is 0 Å². The van der Waals surface area contributed by atoms with Gasteiger partial charge < -0.3 is 5.32 Å². The van der Waals surface area contributed by atoms with Gasteiger partial charge in [-0.05, 0) is 44.4 Å². The van der Waals surface area contributed by atoms with Gasteiger partial charge in [0, 0.05) is 18.3 Å². The molecule has 3 nitrogen and oxygen atoms in total. The Bertz CT molecular complexity index is 522. The molecule has 1 aromatic carbocycles. The molecule has 0 saturated heterocycles.